The fourth-order valence-corrected chi connectivity index (χ4v) is 1.52. The van der Waals surface area contributed by atoms with Crippen molar-refractivity contribution in [2.75, 3.05) is 11.9 Å². The van der Waals surface area contributed by atoms with Crippen LogP contribution in [0, 0.1) is 12.3 Å². The van der Waals surface area contributed by atoms with Crippen molar-refractivity contribution in [3.05, 3.63) is 23.8 Å². The number of rotatable bonds is 6. The van der Waals surface area contributed by atoms with E-state index in [0.717, 1.165) is 12.8 Å². The maximum absolute atomic E-state index is 11.5. The van der Waals surface area contributed by atoms with Crippen molar-refractivity contribution >= 4 is 17.7 Å². The molecule has 0 atom stereocenters. The Morgan fingerprint density at radius 2 is 2.05 bits per heavy atom. The number of urea groups is 1. The number of aromatic hydroxyl groups is 1. The number of carboxylic acids is 1. The van der Waals surface area contributed by atoms with Gasteiger partial charge in [0, 0.05) is 24.7 Å². The summed E-state index contributed by atoms with van der Waals surface area (Å²) in [7, 11) is 0. The fourth-order valence-electron chi connectivity index (χ4n) is 1.52. The highest BCUT2D eigenvalue weighted by molar-refractivity contribution is 5.93. The Kier molecular flexibility index (Phi) is 5.91. The first-order valence-electron chi connectivity index (χ1n) is 6.09. The zero-order chi connectivity index (χ0) is 15.0. The largest absolute Gasteiger partial charge is 0.507 e. The Balaban J connectivity index is 2.44. The molecule has 0 saturated carbocycles. The predicted octanol–water partition coefficient (Wildman–Crippen LogP) is 2.02. The average molecular weight is 276 g/mol. The Bertz CT molecular complexity index is 534. The van der Waals surface area contributed by atoms with Gasteiger partial charge in [-0.3, -0.25) is 0 Å². The number of hydrogen-bond acceptors (Lipinski definition) is 3. The number of unbranched alkanes of at least 4 members (excludes halogenated alkanes) is 2. The zero-order valence-corrected chi connectivity index (χ0v) is 10.8. The molecule has 0 aliphatic carbocycles. The first kappa shape index (κ1) is 15.4. The van der Waals surface area contributed by atoms with Gasteiger partial charge in [0.15, 0.2) is 0 Å². The molecule has 0 radical (unpaired) electrons. The summed E-state index contributed by atoms with van der Waals surface area (Å²) in [6.45, 7) is 0.493. The highest BCUT2D eigenvalue weighted by Crippen LogP contribution is 2.21. The third-order valence-corrected chi connectivity index (χ3v) is 2.52. The third kappa shape index (κ3) is 4.90. The topological polar surface area (TPSA) is 98.7 Å². The van der Waals surface area contributed by atoms with Gasteiger partial charge in [0.1, 0.15) is 11.3 Å². The number of nitrogens with one attached hydrogen (secondary N) is 2. The molecule has 0 aliphatic heterocycles. The first-order valence-corrected chi connectivity index (χ1v) is 6.09. The predicted molar refractivity (Wildman–Crippen MR) is 74.8 cm³/mol. The molecule has 0 unspecified atom stereocenters. The van der Waals surface area contributed by atoms with E-state index in [0.29, 0.717) is 18.7 Å². The van der Waals surface area contributed by atoms with Crippen molar-refractivity contribution in [2.24, 2.45) is 0 Å². The van der Waals surface area contributed by atoms with Gasteiger partial charge in [0.05, 0.1) is 0 Å². The number of carboxylic acid groups (broad SMARTS) is 1. The Labute approximate surface area is 116 Å². The van der Waals surface area contributed by atoms with Gasteiger partial charge in [0.25, 0.3) is 0 Å². The van der Waals surface area contributed by atoms with Gasteiger partial charge in [-0.05, 0) is 25.0 Å². The minimum atomic E-state index is -1.23. The standard InChI is InChI=1S/C14H16N2O4/c1-2-3-4-5-8-15-14(20)16-10-6-7-11(13(18)19)12(17)9-10/h1,6-7,9,17H,3-5,8H2,(H,18,19)(H2,15,16,20). The molecular formula is C14H16N2O4. The minimum Gasteiger partial charge on any atom is -0.507 e. The van der Waals surface area contributed by atoms with Crippen molar-refractivity contribution in [1.29, 1.82) is 0 Å². The molecule has 1 aromatic carbocycles. The van der Waals surface area contributed by atoms with Gasteiger partial charge in [-0.15, -0.1) is 12.3 Å². The summed E-state index contributed by atoms with van der Waals surface area (Å²) in [5.41, 5.74) is 0.0962. The van der Waals surface area contributed by atoms with Crippen molar-refractivity contribution in [1.82, 2.24) is 5.32 Å². The molecule has 1 rings (SSSR count). The molecule has 2 amide bonds. The normalized spacial score (nSPS) is 9.55. The number of amides is 2. The third-order valence-electron chi connectivity index (χ3n) is 2.52. The van der Waals surface area contributed by atoms with Crippen LogP contribution in [0.4, 0.5) is 10.5 Å². The molecule has 1 aromatic rings. The molecule has 106 valence electrons. The average Bonchev–Trinajstić information content (AvgIpc) is 2.38. The van der Waals surface area contributed by atoms with Gasteiger partial charge >= 0.3 is 12.0 Å². The van der Waals surface area contributed by atoms with Crippen LogP contribution >= 0.6 is 0 Å². The fraction of sp³-hybridized carbons (Fsp3) is 0.286. The molecule has 0 bridgehead atoms. The summed E-state index contributed by atoms with van der Waals surface area (Å²) in [4.78, 5) is 22.2. The van der Waals surface area contributed by atoms with Gasteiger partial charge in [-0.25, -0.2) is 9.59 Å². The minimum absolute atomic E-state index is 0.217. The number of hydrogen-bond donors (Lipinski definition) is 4. The summed E-state index contributed by atoms with van der Waals surface area (Å²) < 4.78 is 0. The van der Waals surface area contributed by atoms with E-state index < -0.39 is 17.7 Å². The number of carbonyl (C=O) groups is 2. The molecule has 0 aromatic heterocycles. The summed E-state index contributed by atoms with van der Waals surface area (Å²) in [5, 5.41) is 23.4. The van der Waals surface area contributed by atoms with Crippen LogP contribution in [0.3, 0.4) is 0 Å². The van der Waals surface area contributed by atoms with Crippen LogP contribution < -0.4 is 10.6 Å². The number of phenols is 1. The summed E-state index contributed by atoms with van der Waals surface area (Å²) in [6, 6.07) is 3.39. The number of terminal acetylenes is 1. The number of carbonyl (C=O) groups excluding carboxylic acids is 1. The molecule has 6 heteroatoms. The van der Waals surface area contributed by atoms with E-state index in [1.807, 2.05) is 0 Å². The van der Waals surface area contributed by atoms with E-state index in [1.165, 1.54) is 18.2 Å². The Morgan fingerprint density at radius 1 is 1.30 bits per heavy atom. The van der Waals surface area contributed by atoms with Crippen LogP contribution in [-0.4, -0.2) is 28.8 Å². The van der Waals surface area contributed by atoms with Crippen molar-refractivity contribution in [3.63, 3.8) is 0 Å². The van der Waals surface area contributed by atoms with Gasteiger partial charge in [-0.2, -0.15) is 0 Å². The molecule has 0 heterocycles. The SMILES string of the molecule is C#CCCCCNC(=O)Nc1ccc(C(=O)O)c(O)c1. The van der Waals surface area contributed by atoms with Gasteiger partial charge < -0.3 is 20.8 Å². The van der Waals surface area contributed by atoms with Crippen molar-refractivity contribution in [3.8, 4) is 18.1 Å². The molecular weight excluding hydrogens is 260 g/mol. The second-order valence-corrected chi connectivity index (χ2v) is 4.08. The number of aromatic carboxylic acids is 1. The second-order valence-electron chi connectivity index (χ2n) is 4.08. The molecule has 0 spiro atoms. The molecule has 0 saturated heterocycles. The van der Waals surface area contributed by atoms with Crippen LogP contribution in [0.25, 0.3) is 0 Å². The molecule has 0 fully saturated rings. The highest BCUT2D eigenvalue weighted by atomic mass is 16.4. The monoisotopic (exact) mass is 276 g/mol. The number of benzene rings is 1. The second kappa shape index (κ2) is 7.69. The Morgan fingerprint density at radius 3 is 2.65 bits per heavy atom. The number of anilines is 1. The van der Waals surface area contributed by atoms with E-state index in [4.69, 9.17) is 11.5 Å². The van der Waals surface area contributed by atoms with Crippen molar-refractivity contribution < 1.29 is 19.8 Å². The maximum Gasteiger partial charge on any atom is 0.339 e. The van der Waals surface area contributed by atoms with E-state index >= 15 is 0 Å². The Hall–Kier alpha value is -2.68. The zero-order valence-electron chi connectivity index (χ0n) is 10.8. The lowest BCUT2D eigenvalue weighted by atomic mass is 10.2. The molecule has 6 nitrogen and oxygen atoms in total. The smallest absolute Gasteiger partial charge is 0.339 e. The quantitative estimate of drug-likeness (QED) is 0.472. The highest BCUT2D eigenvalue weighted by Gasteiger charge is 2.10. The van der Waals surface area contributed by atoms with E-state index in [9.17, 15) is 14.7 Å². The van der Waals surface area contributed by atoms with E-state index in [1.54, 1.807) is 0 Å². The first-order chi connectivity index (χ1) is 9.54. The van der Waals surface area contributed by atoms with Gasteiger partial charge in [-0.1, -0.05) is 0 Å². The lowest BCUT2D eigenvalue weighted by molar-refractivity contribution is 0.0694. The lowest BCUT2D eigenvalue weighted by Gasteiger charge is -2.08. The van der Waals surface area contributed by atoms with Crippen LogP contribution in [0.5, 0.6) is 5.75 Å². The molecule has 20 heavy (non-hydrogen) atoms. The van der Waals surface area contributed by atoms with Gasteiger partial charge in [0.2, 0.25) is 0 Å². The lowest BCUT2D eigenvalue weighted by Crippen LogP contribution is -2.29. The van der Waals surface area contributed by atoms with Crippen LogP contribution in [0.15, 0.2) is 18.2 Å². The van der Waals surface area contributed by atoms with Crippen LogP contribution in [-0.2, 0) is 0 Å². The summed E-state index contributed by atoms with van der Waals surface area (Å²) in [6.07, 6.45) is 7.40. The summed E-state index contributed by atoms with van der Waals surface area (Å²) >= 11 is 0. The van der Waals surface area contributed by atoms with Crippen LogP contribution in [0.2, 0.25) is 0 Å². The van der Waals surface area contributed by atoms with Crippen molar-refractivity contribution in [2.45, 2.75) is 19.3 Å². The van der Waals surface area contributed by atoms with E-state index in [2.05, 4.69) is 16.6 Å². The maximum atomic E-state index is 11.5. The molecule has 0 aliphatic rings. The van der Waals surface area contributed by atoms with E-state index in [-0.39, 0.29) is 5.56 Å². The van der Waals surface area contributed by atoms with Crippen LogP contribution in [0.1, 0.15) is 29.6 Å². The summed E-state index contributed by atoms with van der Waals surface area (Å²) in [5.74, 6) is 0.884. The molecule has 4 N–H and O–H groups in total.